The molecule has 1 aliphatic rings. The predicted octanol–water partition coefficient (Wildman–Crippen LogP) is 2.14. The summed E-state index contributed by atoms with van der Waals surface area (Å²) < 4.78 is 0. The molecule has 0 saturated carbocycles. The smallest absolute Gasteiger partial charge is 0.227 e. The molecule has 1 aliphatic heterocycles. The number of aromatic nitrogens is 2. The summed E-state index contributed by atoms with van der Waals surface area (Å²) in [5.41, 5.74) is 6.72. The van der Waals surface area contributed by atoms with Crippen LogP contribution in [-0.2, 0) is 17.6 Å². The van der Waals surface area contributed by atoms with Gasteiger partial charge in [-0.2, -0.15) is 0 Å². The molecule has 0 radical (unpaired) electrons. The van der Waals surface area contributed by atoms with Crippen LogP contribution in [0, 0.1) is 5.92 Å². The Bertz CT molecular complexity index is 629. The summed E-state index contributed by atoms with van der Waals surface area (Å²) in [4.78, 5) is 23.9. The van der Waals surface area contributed by atoms with Crippen LogP contribution in [0.1, 0.15) is 23.4 Å². The summed E-state index contributed by atoms with van der Waals surface area (Å²) in [6, 6.07) is 4.01. The van der Waals surface area contributed by atoms with Gasteiger partial charge in [-0.25, -0.2) is 4.98 Å². The molecule has 1 fully saturated rings. The van der Waals surface area contributed by atoms with Crippen molar-refractivity contribution in [1.82, 2.24) is 14.9 Å². The first kappa shape index (κ1) is 15.0. The van der Waals surface area contributed by atoms with Crippen molar-refractivity contribution >= 4 is 23.1 Å². The monoisotopic (exact) mass is 316 g/mol. The van der Waals surface area contributed by atoms with E-state index in [1.807, 2.05) is 22.4 Å². The largest absolute Gasteiger partial charge is 0.382 e. The molecular formula is C16H20N4OS. The Hall–Kier alpha value is -1.95. The molecule has 1 amide bonds. The molecule has 2 N–H and O–H groups in total. The van der Waals surface area contributed by atoms with E-state index in [1.54, 1.807) is 23.7 Å². The Morgan fingerprint density at radius 1 is 1.41 bits per heavy atom. The first-order valence-electron chi connectivity index (χ1n) is 7.58. The highest BCUT2D eigenvalue weighted by molar-refractivity contribution is 7.10. The van der Waals surface area contributed by atoms with E-state index in [1.165, 1.54) is 0 Å². The average molecular weight is 316 g/mol. The molecule has 1 atom stereocenters. The number of rotatable bonds is 4. The third-order valence-electron chi connectivity index (χ3n) is 4.07. The molecule has 0 bridgehead atoms. The van der Waals surface area contributed by atoms with Crippen LogP contribution >= 0.6 is 11.3 Å². The number of carbonyl (C=O) groups excluding carboxylic acids is 1. The molecule has 5 nitrogen and oxygen atoms in total. The number of thiophene rings is 1. The van der Waals surface area contributed by atoms with Crippen LogP contribution in [0.5, 0.6) is 0 Å². The summed E-state index contributed by atoms with van der Waals surface area (Å²) in [6.45, 7) is 1.65. The maximum Gasteiger partial charge on any atom is 0.227 e. The average Bonchev–Trinajstić information content (AvgIpc) is 3.03. The topological polar surface area (TPSA) is 72.1 Å². The molecule has 2 aromatic rings. The molecular weight excluding hydrogens is 296 g/mol. The Kier molecular flexibility index (Phi) is 4.68. The van der Waals surface area contributed by atoms with E-state index in [2.05, 4.69) is 9.97 Å². The zero-order valence-electron chi connectivity index (χ0n) is 12.4. The highest BCUT2D eigenvalue weighted by Gasteiger charge is 2.24. The number of amides is 1. The summed E-state index contributed by atoms with van der Waals surface area (Å²) in [6.07, 6.45) is 6.74. The Labute approximate surface area is 134 Å². The number of likely N-dealkylation sites (tertiary alicyclic amines) is 1. The second-order valence-electron chi connectivity index (χ2n) is 5.70. The number of nitrogen functional groups attached to an aromatic ring is 1. The Morgan fingerprint density at radius 3 is 3.05 bits per heavy atom. The first-order chi connectivity index (χ1) is 10.7. The SMILES string of the molecule is Nc1nccnc1C[C@H]1CCCN(C(=O)Cc2cccs2)C1. The van der Waals surface area contributed by atoms with Gasteiger partial charge in [0.05, 0.1) is 12.1 Å². The second-order valence-corrected chi connectivity index (χ2v) is 6.73. The van der Waals surface area contributed by atoms with Crippen molar-refractivity contribution in [1.29, 1.82) is 0 Å². The Morgan fingerprint density at radius 2 is 2.27 bits per heavy atom. The quantitative estimate of drug-likeness (QED) is 0.938. The molecule has 3 heterocycles. The lowest BCUT2D eigenvalue weighted by Crippen LogP contribution is -2.41. The lowest BCUT2D eigenvalue weighted by molar-refractivity contribution is -0.132. The number of piperidine rings is 1. The van der Waals surface area contributed by atoms with Gasteiger partial charge < -0.3 is 10.6 Å². The van der Waals surface area contributed by atoms with E-state index >= 15 is 0 Å². The van der Waals surface area contributed by atoms with Gasteiger partial charge in [0, 0.05) is 30.4 Å². The van der Waals surface area contributed by atoms with E-state index in [9.17, 15) is 4.79 Å². The zero-order chi connectivity index (χ0) is 15.4. The fourth-order valence-corrected chi connectivity index (χ4v) is 3.64. The van der Waals surface area contributed by atoms with E-state index in [4.69, 9.17) is 5.73 Å². The highest BCUT2D eigenvalue weighted by atomic mass is 32.1. The van der Waals surface area contributed by atoms with Gasteiger partial charge in [0.15, 0.2) is 0 Å². The minimum atomic E-state index is 0.222. The summed E-state index contributed by atoms with van der Waals surface area (Å²) in [7, 11) is 0. The van der Waals surface area contributed by atoms with E-state index in [0.29, 0.717) is 18.2 Å². The maximum absolute atomic E-state index is 12.4. The van der Waals surface area contributed by atoms with E-state index in [0.717, 1.165) is 42.9 Å². The molecule has 22 heavy (non-hydrogen) atoms. The van der Waals surface area contributed by atoms with Crippen LogP contribution in [0.25, 0.3) is 0 Å². The van der Waals surface area contributed by atoms with Gasteiger partial charge in [-0.15, -0.1) is 11.3 Å². The molecule has 1 saturated heterocycles. The van der Waals surface area contributed by atoms with Crippen molar-refractivity contribution in [2.75, 3.05) is 18.8 Å². The van der Waals surface area contributed by atoms with Gasteiger partial charge >= 0.3 is 0 Å². The van der Waals surface area contributed by atoms with Crippen LogP contribution in [0.2, 0.25) is 0 Å². The number of anilines is 1. The van der Waals surface area contributed by atoms with Crippen molar-refractivity contribution in [3.8, 4) is 0 Å². The van der Waals surface area contributed by atoms with Crippen molar-refractivity contribution in [3.63, 3.8) is 0 Å². The van der Waals surface area contributed by atoms with Gasteiger partial charge in [-0.3, -0.25) is 9.78 Å². The molecule has 2 aromatic heterocycles. The third kappa shape index (κ3) is 3.62. The Balaban J connectivity index is 1.59. The minimum Gasteiger partial charge on any atom is -0.382 e. The predicted molar refractivity (Wildman–Crippen MR) is 87.5 cm³/mol. The minimum absolute atomic E-state index is 0.222. The number of carbonyl (C=O) groups is 1. The lowest BCUT2D eigenvalue weighted by atomic mass is 9.93. The van der Waals surface area contributed by atoms with Crippen LogP contribution in [0.15, 0.2) is 29.9 Å². The van der Waals surface area contributed by atoms with E-state index < -0.39 is 0 Å². The zero-order valence-corrected chi connectivity index (χ0v) is 13.3. The van der Waals surface area contributed by atoms with Crippen molar-refractivity contribution in [2.24, 2.45) is 5.92 Å². The summed E-state index contributed by atoms with van der Waals surface area (Å²) in [5, 5.41) is 2.01. The number of hydrogen-bond acceptors (Lipinski definition) is 5. The van der Waals surface area contributed by atoms with Crippen LogP contribution in [-0.4, -0.2) is 33.9 Å². The standard InChI is InChI=1S/C16H20N4OS/c17-16-14(18-5-6-19-16)9-12-3-1-7-20(11-12)15(21)10-13-4-2-8-22-13/h2,4-6,8,12H,1,3,7,9-11H2,(H2,17,19)/t12-/m1/s1. The van der Waals surface area contributed by atoms with Crippen LogP contribution in [0.3, 0.4) is 0 Å². The molecule has 0 aromatic carbocycles. The normalized spacial score (nSPS) is 18.4. The third-order valence-corrected chi connectivity index (χ3v) is 4.94. The molecule has 6 heteroatoms. The van der Waals surface area contributed by atoms with Gasteiger partial charge in [0.25, 0.3) is 0 Å². The molecule has 0 aliphatic carbocycles. The van der Waals surface area contributed by atoms with Crippen molar-refractivity contribution in [3.05, 3.63) is 40.5 Å². The molecule has 3 rings (SSSR count). The first-order valence-corrected chi connectivity index (χ1v) is 8.46. The summed E-state index contributed by atoms with van der Waals surface area (Å²) in [5.74, 6) is 1.14. The van der Waals surface area contributed by atoms with Gasteiger partial charge in [-0.05, 0) is 36.6 Å². The molecule has 116 valence electrons. The van der Waals surface area contributed by atoms with Crippen LogP contribution in [0.4, 0.5) is 5.82 Å². The summed E-state index contributed by atoms with van der Waals surface area (Å²) >= 11 is 1.64. The number of hydrogen-bond donors (Lipinski definition) is 1. The van der Waals surface area contributed by atoms with Gasteiger partial charge in [0.2, 0.25) is 5.91 Å². The van der Waals surface area contributed by atoms with Crippen LogP contribution < -0.4 is 5.73 Å². The molecule has 0 spiro atoms. The fourth-order valence-electron chi connectivity index (χ4n) is 2.94. The van der Waals surface area contributed by atoms with Gasteiger partial charge in [-0.1, -0.05) is 6.07 Å². The number of nitrogens with two attached hydrogens (primary N) is 1. The van der Waals surface area contributed by atoms with E-state index in [-0.39, 0.29) is 5.91 Å². The highest BCUT2D eigenvalue weighted by Crippen LogP contribution is 2.22. The molecule has 0 unspecified atom stereocenters. The number of nitrogens with zero attached hydrogens (tertiary/aromatic N) is 3. The van der Waals surface area contributed by atoms with Crippen molar-refractivity contribution in [2.45, 2.75) is 25.7 Å². The lowest BCUT2D eigenvalue weighted by Gasteiger charge is -2.32. The second kappa shape index (κ2) is 6.87. The van der Waals surface area contributed by atoms with Crippen molar-refractivity contribution < 1.29 is 4.79 Å². The fraction of sp³-hybridized carbons (Fsp3) is 0.438. The maximum atomic E-state index is 12.4. The van der Waals surface area contributed by atoms with Gasteiger partial charge in [0.1, 0.15) is 5.82 Å².